The molecule has 3 heterocycles. The number of rotatable bonds is 6. The lowest BCUT2D eigenvalue weighted by atomic mass is 10.0. The number of fused-ring (bicyclic) bond motifs is 1. The monoisotopic (exact) mass is 457 g/mol. The van der Waals surface area contributed by atoms with Gasteiger partial charge in [0.1, 0.15) is 17.2 Å². The summed E-state index contributed by atoms with van der Waals surface area (Å²) in [5.41, 5.74) is 6.37. The maximum atomic E-state index is 14.0. The molecule has 1 aliphatic rings. The molecule has 0 fully saturated rings. The van der Waals surface area contributed by atoms with Crippen molar-refractivity contribution in [2.75, 3.05) is 25.1 Å². The Hall–Kier alpha value is -4.13. The standard InChI is InChI=1S/C27H24FN3O3/c1-34-25-7-4-19(28)15-22(25)21-8-11-29-27-23(21)16-24(30-27)18-9-12-31(13-10-18)20-5-2-17(3-6-20)14-26(32)33/h2-9,11,15-16H,10,12-14H2,1H3,(H,29,30)(H,32,33). The van der Waals surface area contributed by atoms with Gasteiger partial charge in [0.25, 0.3) is 0 Å². The fraction of sp³-hybridized carbons (Fsp3) is 0.185. The average molecular weight is 458 g/mol. The second-order valence-electron chi connectivity index (χ2n) is 8.31. The highest BCUT2D eigenvalue weighted by molar-refractivity contribution is 5.96. The van der Waals surface area contributed by atoms with E-state index in [1.165, 1.54) is 17.7 Å². The van der Waals surface area contributed by atoms with Gasteiger partial charge >= 0.3 is 5.97 Å². The normalized spacial score (nSPS) is 13.7. The molecule has 0 bridgehead atoms. The Labute approximate surface area is 196 Å². The smallest absolute Gasteiger partial charge is 0.307 e. The van der Waals surface area contributed by atoms with Crippen molar-refractivity contribution in [1.29, 1.82) is 0 Å². The van der Waals surface area contributed by atoms with E-state index in [1.54, 1.807) is 19.4 Å². The highest BCUT2D eigenvalue weighted by Gasteiger charge is 2.18. The third-order valence-electron chi connectivity index (χ3n) is 6.20. The highest BCUT2D eigenvalue weighted by atomic mass is 19.1. The molecule has 0 spiro atoms. The first-order valence-corrected chi connectivity index (χ1v) is 11.1. The largest absolute Gasteiger partial charge is 0.496 e. The third-order valence-corrected chi connectivity index (χ3v) is 6.20. The number of aliphatic carboxylic acids is 1. The first-order valence-electron chi connectivity index (χ1n) is 11.1. The van der Waals surface area contributed by atoms with E-state index >= 15 is 0 Å². The Morgan fingerprint density at radius 3 is 2.68 bits per heavy atom. The summed E-state index contributed by atoms with van der Waals surface area (Å²) >= 11 is 0. The van der Waals surface area contributed by atoms with E-state index in [0.29, 0.717) is 11.3 Å². The minimum absolute atomic E-state index is 0.0300. The number of aromatic nitrogens is 2. The molecule has 2 aromatic heterocycles. The number of aromatic amines is 1. The molecule has 7 heteroatoms. The van der Waals surface area contributed by atoms with Gasteiger partial charge in [-0.2, -0.15) is 0 Å². The van der Waals surface area contributed by atoms with Crippen LogP contribution in [0.25, 0.3) is 27.7 Å². The van der Waals surface area contributed by atoms with Crippen molar-refractivity contribution in [3.8, 4) is 16.9 Å². The molecule has 0 unspecified atom stereocenters. The molecule has 5 rings (SSSR count). The van der Waals surface area contributed by atoms with Crippen molar-refractivity contribution in [3.05, 3.63) is 83.9 Å². The van der Waals surface area contributed by atoms with Gasteiger partial charge in [0.2, 0.25) is 0 Å². The number of H-pyrrole nitrogens is 1. The fourth-order valence-electron chi connectivity index (χ4n) is 4.47. The van der Waals surface area contributed by atoms with Crippen LogP contribution in [0.5, 0.6) is 5.75 Å². The molecule has 0 atom stereocenters. The van der Waals surface area contributed by atoms with Crippen LogP contribution in [0.1, 0.15) is 17.7 Å². The molecule has 0 aliphatic carbocycles. The molecular weight excluding hydrogens is 433 g/mol. The van der Waals surface area contributed by atoms with Crippen molar-refractivity contribution >= 4 is 28.3 Å². The molecule has 2 aromatic carbocycles. The number of nitrogens with zero attached hydrogens (tertiary/aromatic N) is 2. The van der Waals surface area contributed by atoms with Crippen LogP contribution in [0.3, 0.4) is 0 Å². The van der Waals surface area contributed by atoms with Gasteiger partial charge in [-0.25, -0.2) is 9.37 Å². The summed E-state index contributed by atoms with van der Waals surface area (Å²) < 4.78 is 19.5. The summed E-state index contributed by atoms with van der Waals surface area (Å²) in [6, 6.07) is 16.2. The Balaban J connectivity index is 1.41. The number of carbonyl (C=O) groups is 1. The summed E-state index contributed by atoms with van der Waals surface area (Å²) in [4.78, 5) is 21.1. The lowest BCUT2D eigenvalue weighted by Gasteiger charge is -2.28. The van der Waals surface area contributed by atoms with E-state index in [-0.39, 0.29) is 12.2 Å². The Kier molecular flexibility index (Phi) is 5.76. The molecule has 0 saturated carbocycles. The SMILES string of the molecule is COc1ccc(F)cc1-c1ccnc2[nH]c(C3=CCN(c4ccc(CC(=O)O)cc4)CC3)cc12. The van der Waals surface area contributed by atoms with Crippen molar-refractivity contribution in [2.24, 2.45) is 0 Å². The summed E-state index contributed by atoms with van der Waals surface area (Å²) in [5.74, 6) is -0.536. The van der Waals surface area contributed by atoms with E-state index < -0.39 is 5.97 Å². The maximum absolute atomic E-state index is 14.0. The number of hydrogen-bond acceptors (Lipinski definition) is 4. The molecule has 2 N–H and O–H groups in total. The number of methoxy groups -OCH3 is 1. The van der Waals surface area contributed by atoms with E-state index in [1.807, 2.05) is 30.3 Å². The first kappa shape index (κ1) is 21.7. The molecule has 4 aromatic rings. The van der Waals surface area contributed by atoms with Crippen LogP contribution >= 0.6 is 0 Å². The summed E-state index contributed by atoms with van der Waals surface area (Å²) in [6.45, 7) is 1.60. The zero-order valence-electron chi connectivity index (χ0n) is 18.7. The molecule has 6 nitrogen and oxygen atoms in total. The lowest BCUT2D eigenvalue weighted by molar-refractivity contribution is -0.136. The number of anilines is 1. The van der Waals surface area contributed by atoms with Gasteiger partial charge in [-0.1, -0.05) is 18.2 Å². The maximum Gasteiger partial charge on any atom is 0.307 e. The second kappa shape index (κ2) is 9.02. The van der Waals surface area contributed by atoms with Gasteiger partial charge in [0, 0.05) is 41.6 Å². The minimum Gasteiger partial charge on any atom is -0.496 e. The average Bonchev–Trinajstić information content (AvgIpc) is 3.29. The van der Waals surface area contributed by atoms with Crippen LogP contribution in [-0.4, -0.2) is 41.2 Å². The molecule has 0 radical (unpaired) electrons. The first-order chi connectivity index (χ1) is 16.5. The van der Waals surface area contributed by atoms with Gasteiger partial charge < -0.3 is 19.7 Å². The zero-order chi connectivity index (χ0) is 23.7. The second-order valence-corrected chi connectivity index (χ2v) is 8.31. The van der Waals surface area contributed by atoms with Crippen LogP contribution in [0, 0.1) is 5.82 Å². The van der Waals surface area contributed by atoms with Gasteiger partial charge in [0.15, 0.2) is 0 Å². The number of hydrogen-bond donors (Lipinski definition) is 2. The van der Waals surface area contributed by atoms with Crippen LogP contribution in [0.15, 0.2) is 66.9 Å². The van der Waals surface area contributed by atoms with E-state index in [2.05, 4.69) is 27.0 Å². The Morgan fingerprint density at radius 2 is 1.97 bits per heavy atom. The third kappa shape index (κ3) is 4.24. The summed E-state index contributed by atoms with van der Waals surface area (Å²) in [5, 5.41) is 9.86. The number of carboxylic acids is 1. The van der Waals surface area contributed by atoms with Crippen molar-refractivity contribution < 1.29 is 19.0 Å². The molecule has 34 heavy (non-hydrogen) atoms. The zero-order valence-corrected chi connectivity index (χ0v) is 18.7. The molecule has 1 aliphatic heterocycles. The van der Waals surface area contributed by atoms with Gasteiger partial charge in [-0.15, -0.1) is 0 Å². The lowest BCUT2D eigenvalue weighted by Crippen LogP contribution is -2.28. The fourth-order valence-corrected chi connectivity index (χ4v) is 4.47. The van der Waals surface area contributed by atoms with Gasteiger partial charge in [0.05, 0.1) is 13.5 Å². The van der Waals surface area contributed by atoms with Crippen molar-refractivity contribution in [1.82, 2.24) is 9.97 Å². The van der Waals surface area contributed by atoms with Gasteiger partial charge in [-0.05, 0) is 65.6 Å². The van der Waals surface area contributed by atoms with E-state index in [0.717, 1.165) is 53.1 Å². The van der Waals surface area contributed by atoms with E-state index in [9.17, 15) is 9.18 Å². The predicted molar refractivity (Wildman–Crippen MR) is 131 cm³/mol. The number of benzene rings is 2. The Bertz CT molecular complexity index is 1390. The topological polar surface area (TPSA) is 78.5 Å². The van der Waals surface area contributed by atoms with Crippen LogP contribution < -0.4 is 9.64 Å². The summed E-state index contributed by atoms with van der Waals surface area (Å²) in [6.07, 6.45) is 4.79. The Morgan fingerprint density at radius 1 is 1.15 bits per heavy atom. The number of pyridine rings is 1. The predicted octanol–water partition coefficient (Wildman–Crippen LogP) is 5.30. The number of nitrogens with one attached hydrogen (secondary N) is 1. The van der Waals surface area contributed by atoms with Crippen LogP contribution in [0.4, 0.5) is 10.1 Å². The molecule has 172 valence electrons. The number of ether oxygens (including phenoxy) is 1. The minimum atomic E-state index is -0.829. The van der Waals surface area contributed by atoms with Crippen molar-refractivity contribution in [2.45, 2.75) is 12.8 Å². The molecule has 0 saturated heterocycles. The highest BCUT2D eigenvalue weighted by Crippen LogP contribution is 2.36. The van der Waals surface area contributed by atoms with Crippen LogP contribution in [0.2, 0.25) is 0 Å². The number of halogens is 1. The van der Waals surface area contributed by atoms with Gasteiger partial charge in [-0.3, -0.25) is 4.79 Å². The molecule has 0 amide bonds. The quantitative estimate of drug-likeness (QED) is 0.411. The van der Waals surface area contributed by atoms with Crippen molar-refractivity contribution in [3.63, 3.8) is 0 Å². The van der Waals surface area contributed by atoms with Crippen LogP contribution in [-0.2, 0) is 11.2 Å². The van der Waals surface area contributed by atoms with E-state index in [4.69, 9.17) is 9.84 Å². The molecular formula is C27H24FN3O3. The number of carboxylic acid groups (broad SMARTS) is 1. The summed E-state index contributed by atoms with van der Waals surface area (Å²) in [7, 11) is 1.58.